The van der Waals surface area contributed by atoms with Gasteiger partial charge in [-0.25, -0.2) is 0 Å². The van der Waals surface area contributed by atoms with E-state index in [1.807, 2.05) is 0 Å². The molecule has 0 aromatic rings. The van der Waals surface area contributed by atoms with Crippen molar-refractivity contribution in [2.75, 3.05) is 26.2 Å². The van der Waals surface area contributed by atoms with E-state index in [4.69, 9.17) is 0 Å². The number of fused-ring (bicyclic) bond motifs is 7. The fourth-order valence-corrected chi connectivity index (χ4v) is 6.22. The molecule has 23 heavy (non-hydrogen) atoms. The van der Waals surface area contributed by atoms with Gasteiger partial charge in [-0.15, -0.1) is 0 Å². The first-order chi connectivity index (χ1) is 11.4. The summed E-state index contributed by atoms with van der Waals surface area (Å²) in [5.74, 6) is 1.97. The molecule has 0 radical (unpaired) electrons. The molecule has 2 nitrogen and oxygen atoms in total. The van der Waals surface area contributed by atoms with Gasteiger partial charge in [-0.2, -0.15) is 0 Å². The van der Waals surface area contributed by atoms with Gasteiger partial charge in [0.15, 0.2) is 0 Å². The lowest BCUT2D eigenvalue weighted by Gasteiger charge is -2.53. The van der Waals surface area contributed by atoms with Crippen LogP contribution >= 0.6 is 0 Å². The predicted octanol–water partition coefficient (Wildman–Crippen LogP) is 3.77. The van der Waals surface area contributed by atoms with Gasteiger partial charge in [-0.05, 0) is 61.8 Å². The molecule has 4 unspecified atom stereocenters. The third kappa shape index (κ3) is 2.37. The van der Waals surface area contributed by atoms with E-state index in [-0.39, 0.29) is 0 Å². The molecule has 3 fully saturated rings. The summed E-state index contributed by atoms with van der Waals surface area (Å²) in [6, 6.07) is 1.46. The van der Waals surface area contributed by atoms with E-state index in [1.165, 1.54) is 64.7 Å². The molecule has 5 aliphatic rings. The monoisotopic (exact) mass is 310 g/mol. The summed E-state index contributed by atoms with van der Waals surface area (Å²) < 4.78 is 0. The van der Waals surface area contributed by atoms with Gasteiger partial charge in [0, 0.05) is 19.1 Å². The molecule has 3 heterocycles. The number of rotatable bonds is 0. The average Bonchev–Trinajstić information content (AvgIpc) is 2.81. The second-order valence-corrected chi connectivity index (χ2v) is 8.30. The van der Waals surface area contributed by atoms with Crippen LogP contribution in [0.25, 0.3) is 0 Å². The molecule has 2 heteroatoms. The third-order valence-electron chi connectivity index (χ3n) is 7.23. The quantitative estimate of drug-likeness (QED) is 0.672. The number of allylic oxidation sites excluding steroid dienone is 3. The maximum Gasteiger partial charge on any atom is 0.0512 e. The summed E-state index contributed by atoms with van der Waals surface area (Å²) in [4.78, 5) is 5.72. The fourth-order valence-electron chi connectivity index (χ4n) is 6.22. The molecule has 0 aromatic heterocycles. The maximum atomic E-state index is 2.90. The highest BCUT2D eigenvalue weighted by atomic mass is 15.3. The van der Waals surface area contributed by atoms with Crippen LogP contribution < -0.4 is 0 Å². The summed E-state index contributed by atoms with van der Waals surface area (Å²) in [7, 11) is 0. The number of nitrogens with zero attached hydrogens (tertiary/aromatic N) is 2. The lowest BCUT2D eigenvalue weighted by molar-refractivity contribution is -0.000172. The van der Waals surface area contributed by atoms with E-state index in [2.05, 4.69) is 34.1 Å². The highest BCUT2D eigenvalue weighted by Gasteiger charge is 2.47. The van der Waals surface area contributed by atoms with Crippen LogP contribution in [0.4, 0.5) is 0 Å². The van der Waals surface area contributed by atoms with Crippen molar-refractivity contribution in [2.24, 2.45) is 11.8 Å². The van der Waals surface area contributed by atoms with Crippen molar-refractivity contribution in [1.29, 1.82) is 0 Å². The molecule has 0 bridgehead atoms. The van der Waals surface area contributed by atoms with Gasteiger partial charge >= 0.3 is 0 Å². The Bertz CT molecular complexity index is 558. The van der Waals surface area contributed by atoms with E-state index < -0.39 is 0 Å². The molecule has 4 atom stereocenters. The van der Waals surface area contributed by atoms with Crippen LogP contribution in [0, 0.1) is 11.8 Å². The van der Waals surface area contributed by atoms with E-state index in [0.717, 1.165) is 24.3 Å². The van der Waals surface area contributed by atoms with Crippen LogP contribution in [-0.4, -0.2) is 48.1 Å². The molecule has 0 N–H and O–H groups in total. The van der Waals surface area contributed by atoms with Crippen LogP contribution in [0.3, 0.4) is 0 Å². The van der Waals surface area contributed by atoms with Crippen LogP contribution in [-0.2, 0) is 0 Å². The topological polar surface area (TPSA) is 6.48 Å². The second kappa shape index (κ2) is 5.89. The van der Waals surface area contributed by atoms with Gasteiger partial charge in [-0.1, -0.05) is 43.6 Å². The normalized spacial score (nSPS) is 40.9. The molecule has 1 saturated carbocycles. The molecular formula is C21H30N2. The minimum atomic E-state index is 0.674. The SMILES string of the molecule is C1=CCC2=CCN3CCCN4CCC5CCCCC5C4C3C2=C1. The Labute approximate surface area is 140 Å². The molecule has 2 aliphatic carbocycles. The minimum Gasteiger partial charge on any atom is -0.298 e. The molecule has 0 aromatic carbocycles. The first kappa shape index (κ1) is 14.5. The molecular weight excluding hydrogens is 280 g/mol. The van der Waals surface area contributed by atoms with Crippen molar-refractivity contribution in [3.05, 3.63) is 35.5 Å². The Hall–Kier alpha value is -0.860. The van der Waals surface area contributed by atoms with Crippen molar-refractivity contribution < 1.29 is 0 Å². The Kier molecular flexibility index (Phi) is 3.71. The number of piperidine rings is 1. The van der Waals surface area contributed by atoms with E-state index in [1.54, 1.807) is 11.1 Å². The summed E-state index contributed by atoms with van der Waals surface area (Å²) in [6.45, 7) is 5.17. The minimum absolute atomic E-state index is 0.674. The number of hydrogen-bond acceptors (Lipinski definition) is 2. The molecule has 3 aliphatic heterocycles. The lowest BCUT2D eigenvalue weighted by atomic mass is 9.67. The highest BCUT2D eigenvalue weighted by molar-refractivity contribution is 5.46. The Morgan fingerprint density at radius 1 is 0.913 bits per heavy atom. The Morgan fingerprint density at radius 2 is 1.83 bits per heavy atom. The van der Waals surface area contributed by atoms with Crippen LogP contribution in [0.1, 0.15) is 44.9 Å². The van der Waals surface area contributed by atoms with Crippen LogP contribution in [0.5, 0.6) is 0 Å². The average molecular weight is 310 g/mol. The smallest absolute Gasteiger partial charge is 0.0512 e. The largest absolute Gasteiger partial charge is 0.298 e. The second-order valence-electron chi connectivity index (χ2n) is 8.30. The zero-order valence-corrected chi connectivity index (χ0v) is 14.3. The van der Waals surface area contributed by atoms with Gasteiger partial charge < -0.3 is 0 Å². The van der Waals surface area contributed by atoms with Gasteiger partial charge in [-0.3, -0.25) is 9.80 Å². The number of hydrogen-bond donors (Lipinski definition) is 0. The maximum absolute atomic E-state index is 2.90. The van der Waals surface area contributed by atoms with Crippen LogP contribution in [0.15, 0.2) is 35.5 Å². The summed E-state index contributed by atoms with van der Waals surface area (Å²) >= 11 is 0. The van der Waals surface area contributed by atoms with Gasteiger partial charge in [0.2, 0.25) is 0 Å². The van der Waals surface area contributed by atoms with E-state index in [0.29, 0.717) is 6.04 Å². The van der Waals surface area contributed by atoms with Gasteiger partial charge in [0.1, 0.15) is 0 Å². The van der Waals surface area contributed by atoms with Crippen molar-refractivity contribution in [3.63, 3.8) is 0 Å². The lowest BCUT2D eigenvalue weighted by Crippen LogP contribution is -2.59. The Morgan fingerprint density at radius 3 is 2.83 bits per heavy atom. The van der Waals surface area contributed by atoms with Crippen LogP contribution in [0.2, 0.25) is 0 Å². The third-order valence-corrected chi connectivity index (χ3v) is 7.23. The standard InChI is InChI=1S/C21H30N2/c1-3-8-18-16(6-1)10-14-22-12-5-13-23-15-11-17-7-2-4-9-19(17)21(23)20(18)22/h1,3,8,10,17,19-21H,2,4-7,9,11-15H2. The Balaban J connectivity index is 1.56. The highest BCUT2D eigenvalue weighted by Crippen LogP contribution is 2.46. The summed E-state index contributed by atoms with van der Waals surface area (Å²) in [5, 5.41) is 0. The van der Waals surface area contributed by atoms with Crippen molar-refractivity contribution in [3.8, 4) is 0 Å². The first-order valence-electron chi connectivity index (χ1n) is 9.96. The molecule has 124 valence electrons. The van der Waals surface area contributed by atoms with Gasteiger partial charge in [0.25, 0.3) is 0 Å². The fraction of sp³-hybridized carbons (Fsp3) is 0.714. The molecule has 0 amide bonds. The summed E-state index contributed by atoms with van der Waals surface area (Å²) in [6.07, 6.45) is 19.5. The molecule has 0 spiro atoms. The van der Waals surface area contributed by atoms with E-state index >= 15 is 0 Å². The van der Waals surface area contributed by atoms with Gasteiger partial charge in [0.05, 0.1) is 6.04 Å². The zero-order chi connectivity index (χ0) is 15.2. The van der Waals surface area contributed by atoms with Crippen molar-refractivity contribution in [1.82, 2.24) is 9.80 Å². The summed E-state index contributed by atoms with van der Waals surface area (Å²) in [5.41, 5.74) is 3.30. The first-order valence-corrected chi connectivity index (χ1v) is 9.96. The van der Waals surface area contributed by atoms with E-state index in [9.17, 15) is 0 Å². The zero-order valence-electron chi connectivity index (χ0n) is 14.3. The molecule has 2 saturated heterocycles. The van der Waals surface area contributed by atoms with Crippen molar-refractivity contribution in [2.45, 2.75) is 57.0 Å². The molecule has 5 rings (SSSR count). The van der Waals surface area contributed by atoms with Crippen molar-refractivity contribution >= 4 is 0 Å². The predicted molar refractivity (Wildman–Crippen MR) is 95.3 cm³/mol.